The number of carbonyl (C=O) groups excluding carboxylic acids is 3. The van der Waals surface area contributed by atoms with Crippen LogP contribution in [-0.4, -0.2) is 48.6 Å². The van der Waals surface area contributed by atoms with Crippen molar-refractivity contribution in [1.29, 1.82) is 0 Å². The molecule has 0 aromatic rings. The first-order chi connectivity index (χ1) is 14.2. The van der Waals surface area contributed by atoms with E-state index in [1.807, 2.05) is 6.92 Å². The summed E-state index contributed by atoms with van der Waals surface area (Å²) in [5.41, 5.74) is -1.20. The molecule has 174 valence electrons. The highest BCUT2D eigenvalue weighted by molar-refractivity contribution is 5.90. The van der Waals surface area contributed by atoms with E-state index in [0.29, 0.717) is 11.8 Å². The van der Waals surface area contributed by atoms with E-state index in [2.05, 4.69) is 11.3 Å². The summed E-state index contributed by atoms with van der Waals surface area (Å²) in [5, 5.41) is 0. The number of alkyl halides is 4. The largest absolute Gasteiger partial charge is 0.456 e. The molecule has 0 spiro atoms. The van der Waals surface area contributed by atoms with Crippen LogP contribution in [0, 0.1) is 23.7 Å². The first-order valence-electron chi connectivity index (χ1n) is 10.2. The Balaban J connectivity index is 1.44. The zero-order valence-corrected chi connectivity index (χ0v) is 17.4. The van der Waals surface area contributed by atoms with Crippen LogP contribution in [0.25, 0.3) is 0 Å². The van der Waals surface area contributed by atoms with Crippen LogP contribution in [0.1, 0.15) is 46.0 Å². The van der Waals surface area contributed by atoms with Crippen LogP contribution in [0.5, 0.6) is 0 Å². The second kappa shape index (κ2) is 8.09. The third kappa shape index (κ3) is 4.57. The fourth-order valence-corrected chi connectivity index (χ4v) is 5.27. The van der Waals surface area contributed by atoms with Crippen LogP contribution >= 0.6 is 0 Å². The molecule has 0 aliphatic heterocycles. The van der Waals surface area contributed by atoms with E-state index < -0.39 is 54.1 Å². The molecule has 6 nitrogen and oxygen atoms in total. The molecule has 4 aliphatic carbocycles. The van der Waals surface area contributed by atoms with Crippen LogP contribution < -0.4 is 0 Å². The Morgan fingerprint density at radius 1 is 0.935 bits per heavy atom. The van der Waals surface area contributed by atoms with Crippen molar-refractivity contribution in [3.05, 3.63) is 12.2 Å². The number of ether oxygens (including phenoxy) is 3. The van der Waals surface area contributed by atoms with Gasteiger partial charge in [-0.3, -0.25) is 0 Å². The predicted molar refractivity (Wildman–Crippen MR) is 98.2 cm³/mol. The van der Waals surface area contributed by atoms with Gasteiger partial charge in [0.15, 0.2) is 6.61 Å². The second-order valence-electron chi connectivity index (χ2n) is 9.18. The van der Waals surface area contributed by atoms with E-state index in [-0.39, 0.29) is 18.8 Å². The van der Waals surface area contributed by atoms with Crippen LogP contribution in [0.15, 0.2) is 12.2 Å². The minimum absolute atomic E-state index is 0.132. The lowest BCUT2D eigenvalue weighted by Crippen LogP contribution is -2.58. The quantitative estimate of drug-likeness (QED) is 0.243. The van der Waals surface area contributed by atoms with Gasteiger partial charge in [0.1, 0.15) is 12.2 Å². The first kappa shape index (κ1) is 23.5. The summed E-state index contributed by atoms with van der Waals surface area (Å²) in [6.45, 7) is 3.18. The summed E-state index contributed by atoms with van der Waals surface area (Å²) in [5.74, 6) is -12.2. The second-order valence-corrected chi connectivity index (χ2v) is 9.18. The number of hydrogen-bond donors (Lipinski definition) is 0. The molecule has 4 fully saturated rings. The van der Waals surface area contributed by atoms with E-state index in [9.17, 15) is 31.9 Å². The zero-order chi connectivity index (χ0) is 23.2. The molecule has 0 amide bonds. The van der Waals surface area contributed by atoms with Gasteiger partial charge in [0.05, 0.1) is 5.57 Å². The third-order valence-corrected chi connectivity index (χ3v) is 6.89. The van der Waals surface area contributed by atoms with Gasteiger partial charge < -0.3 is 14.2 Å². The first-order valence-corrected chi connectivity index (χ1v) is 10.2. The molecule has 31 heavy (non-hydrogen) atoms. The van der Waals surface area contributed by atoms with Gasteiger partial charge in [-0.25, -0.2) is 14.4 Å². The summed E-state index contributed by atoms with van der Waals surface area (Å²) in [6, 6.07) is 0. The summed E-state index contributed by atoms with van der Waals surface area (Å²) in [7, 11) is 0. The lowest BCUT2D eigenvalue weighted by Gasteiger charge is -2.59. The fourth-order valence-electron chi connectivity index (χ4n) is 5.27. The highest BCUT2D eigenvalue weighted by Crippen LogP contribution is 2.59. The van der Waals surface area contributed by atoms with E-state index >= 15 is 0 Å². The Kier molecular flexibility index (Phi) is 6.14. The fraction of sp³-hybridized carbons (Fsp3) is 0.762. The zero-order valence-electron chi connectivity index (χ0n) is 17.4. The topological polar surface area (TPSA) is 78.9 Å². The molecule has 4 bridgehead atoms. The van der Waals surface area contributed by atoms with E-state index in [1.54, 1.807) is 0 Å². The van der Waals surface area contributed by atoms with Gasteiger partial charge >= 0.3 is 29.8 Å². The van der Waals surface area contributed by atoms with E-state index in [1.165, 1.54) is 6.42 Å². The van der Waals surface area contributed by atoms with Gasteiger partial charge in [0, 0.05) is 6.92 Å². The van der Waals surface area contributed by atoms with Crippen LogP contribution in [-0.2, 0) is 28.6 Å². The number of hydrogen-bond acceptors (Lipinski definition) is 6. The van der Waals surface area contributed by atoms with Crippen molar-refractivity contribution in [3.8, 4) is 0 Å². The molecule has 0 saturated heterocycles. The average Bonchev–Trinajstić information content (AvgIpc) is 2.66. The number of esters is 3. The normalized spacial score (nSPS) is 31.8. The van der Waals surface area contributed by atoms with Crippen molar-refractivity contribution in [3.63, 3.8) is 0 Å². The predicted octanol–water partition coefficient (Wildman–Crippen LogP) is 3.68. The lowest BCUT2D eigenvalue weighted by atomic mass is 9.50. The Labute approximate surface area is 177 Å². The van der Waals surface area contributed by atoms with E-state index in [0.717, 1.165) is 25.7 Å². The molecule has 10 heteroatoms. The van der Waals surface area contributed by atoms with Crippen molar-refractivity contribution < 1.29 is 46.2 Å². The monoisotopic (exact) mass is 450 g/mol. The Hall–Kier alpha value is -2.13. The Morgan fingerprint density at radius 3 is 1.94 bits per heavy atom. The molecule has 4 saturated carbocycles. The summed E-state index contributed by atoms with van der Waals surface area (Å²) >= 11 is 0. The van der Waals surface area contributed by atoms with Gasteiger partial charge in [-0.05, 0) is 62.7 Å². The molecule has 0 atom stereocenters. The molecular weight excluding hydrogens is 424 g/mol. The van der Waals surface area contributed by atoms with Gasteiger partial charge in [-0.2, -0.15) is 17.6 Å². The van der Waals surface area contributed by atoms with Crippen molar-refractivity contribution >= 4 is 17.9 Å². The molecule has 0 radical (unpaired) electrons. The number of halogens is 4. The third-order valence-electron chi connectivity index (χ3n) is 6.89. The number of rotatable bonds is 8. The van der Waals surface area contributed by atoms with E-state index in [4.69, 9.17) is 9.47 Å². The molecule has 0 aromatic heterocycles. The highest BCUT2D eigenvalue weighted by Gasteiger charge is 2.60. The smallest absolute Gasteiger partial charge is 0.404 e. The van der Waals surface area contributed by atoms with Gasteiger partial charge in [-0.15, -0.1) is 0 Å². The molecule has 0 N–H and O–H groups in total. The summed E-state index contributed by atoms with van der Waals surface area (Å²) in [6.07, 6.45) is 5.30. The van der Waals surface area contributed by atoms with Crippen LogP contribution in [0.3, 0.4) is 0 Å². The SMILES string of the molecule is C=C(COC(=O)C(F)(F)C(C)(F)F)C(=O)OCC(=O)OC1(C)C2CC3CC(C2)CC1C3. The van der Waals surface area contributed by atoms with Gasteiger partial charge in [0.25, 0.3) is 0 Å². The van der Waals surface area contributed by atoms with Crippen LogP contribution in [0.2, 0.25) is 0 Å². The van der Waals surface area contributed by atoms with Crippen molar-refractivity contribution in [2.75, 3.05) is 13.2 Å². The maximum absolute atomic E-state index is 13.2. The minimum atomic E-state index is -5.06. The van der Waals surface area contributed by atoms with Crippen LogP contribution in [0.4, 0.5) is 17.6 Å². The molecular formula is C21H26F4O6. The average molecular weight is 450 g/mol. The molecule has 4 aliphatic rings. The van der Waals surface area contributed by atoms with Crippen molar-refractivity contribution in [2.24, 2.45) is 23.7 Å². The van der Waals surface area contributed by atoms with Gasteiger partial charge in [0.2, 0.25) is 0 Å². The van der Waals surface area contributed by atoms with Gasteiger partial charge in [-0.1, -0.05) is 6.58 Å². The maximum Gasteiger partial charge on any atom is 0.404 e. The molecule has 0 heterocycles. The summed E-state index contributed by atoms with van der Waals surface area (Å²) < 4.78 is 66.4. The highest BCUT2D eigenvalue weighted by atomic mass is 19.3. The molecule has 0 unspecified atom stereocenters. The maximum atomic E-state index is 13.2. The minimum Gasteiger partial charge on any atom is -0.456 e. The standard InChI is InChI=1S/C21H26F4O6/c1-11(9-30-18(28)21(24,25)20(3,22)23)17(27)29-10-16(26)31-19(2)14-5-12-4-13(7-14)8-15(19)6-12/h12-15H,1,4-10H2,2-3H3. The van der Waals surface area contributed by atoms with Crippen molar-refractivity contribution in [1.82, 2.24) is 0 Å². The summed E-state index contributed by atoms with van der Waals surface area (Å²) in [4.78, 5) is 35.3. The molecule has 4 rings (SSSR count). The number of carbonyl (C=O) groups is 3. The lowest BCUT2D eigenvalue weighted by molar-refractivity contribution is -0.221. The Morgan fingerprint density at radius 2 is 1.45 bits per heavy atom. The Bertz CT molecular complexity index is 744. The molecule has 0 aromatic carbocycles. The van der Waals surface area contributed by atoms with Crippen molar-refractivity contribution in [2.45, 2.75) is 63.4 Å².